The average Bonchev–Trinajstić information content (AvgIpc) is 2.09. The third-order valence-electron chi connectivity index (χ3n) is 2.29. The van der Waals surface area contributed by atoms with Crippen molar-refractivity contribution in [2.75, 3.05) is 25.9 Å². The fraction of sp³-hybridized carbons (Fsp3) is 0.889. The molecule has 0 spiro atoms. The first kappa shape index (κ1) is 10.7. The normalized spacial score (nSPS) is 18.7. The lowest BCUT2D eigenvalue weighted by Crippen LogP contribution is -2.50. The molecule has 1 saturated heterocycles. The van der Waals surface area contributed by atoms with Crippen molar-refractivity contribution in [3.05, 3.63) is 0 Å². The van der Waals surface area contributed by atoms with Crippen molar-refractivity contribution < 1.29 is 4.79 Å². The van der Waals surface area contributed by atoms with Gasteiger partial charge in [-0.25, -0.2) is 4.79 Å². The molecule has 1 heterocycles. The number of hydrogen-bond acceptors (Lipinski definition) is 2. The van der Waals surface area contributed by atoms with Crippen LogP contribution in [0.3, 0.4) is 0 Å². The molecule has 1 aliphatic heterocycles. The first-order valence-electron chi connectivity index (χ1n) is 4.63. The van der Waals surface area contributed by atoms with E-state index >= 15 is 0 Å². The Balaban J connectivity index is 2.47. The van der Waals surface area contributed by atoms with Crippen LogP contribution in [0.25, 0.3) is 0 Å². The Morgan fingerprint density at radius 1 is 1.62 bits per heavy atom. The molecule has 0 unspecified atom stereocenters. The van der Waals surface area contributed by atoms with Crippen LogP contribution < -0.4 is 5.32 Å². The van der Waals surface area contributed by atoms with Crippen LogP contribution in [0, 0.1) is 0 Å². The monoisotopic (exact) mass is 202 g/mol. The Morgan fingerprint density at radius 2 is 2.31 bits per heavy atom. The number of nitrogens with zero attached hydrogens (tertiary/aromatic N) is 1. The van der Waals surface area contributed by atoms with Crippen LogP contribution in [0.1, 0.15) is 20.3 Å². The van der Waals surface area contributed by atoms with Crippen LogP contribution in [-0.4, -0.2) is 41.6 Å². The van der Waals surface area contributed by atoms with Gasteiger partial charge in [0, 0.05) is 24.4 Å². The molecule has 0 aliphatic carbocycles. The summed E-state index contributed by atoms with van der Waals surface area (Å²) in [5, 5.41) is 2.86. The number of urea groups is 1. The molecule has 1 N–H and O–H groups in total. The highest BCUT2D eigenvalue weighted by atomic mass is 32.2. The number of hydrogen-bond donors (Lipinski definition) is 1. The summed E-state index contributed by atoms with van der Waals surface area (Å²) in [5.41, 5.74) is 0. The van der Waals surface area contributed by atoms with E-state index in [1.807, 2.05) is 4.90 Å². The lowest BCUT2D eigenvalue weighted by Gasteiger charge is -2.34. The van der Waals surface area contributed by atoms with Gasteiger partial charge in [0.15, 0.2) is 0 Å². The smallest absolute Gasteiger partial charge is 0.317 e. The predicted octanol–water partition coefficient (Wildman–Crippen LogP) is 1.54. The van der Waals surface area contributed by atoms with Crippen LogP contribution >= 0.6 is 11.8 Å². The largest absolute Gasteiger partial charge is 0.338 e. The maximum absolute atomic E-state index is 11.4. The number of amides is 2. The van der Waals surface area contributed by atoms with Gasteiger partial charge in [0.1, 0.15) is 0 Å². The maximum Gasteiger partial charge on any atom is 0.317 e. The van der Waals surface area contributed by atoms with Crippen LogP contribution in [0.5, 0.6) is 0 Å². The molecule has 2 amide bonds. The van der Waals surface area contributed by atoms with E-state index in [2.05, 4.69) is 25.4 Å². The molecule has 0 aromatic rings. The zero-order valence-electron chi connectivity index (χ0n) is 8.59. The molecule has 0 saturated carbocycles. The van der Waals surface area contributed by atoms with E-state index in [0.29, 0.717) is 0 Å². The third kappa shape index (κ3) is 3.10. The van der Waals surface area contributed by atoms with Gasteiger partial charge in [0.25, 0.3) is 0 Å². The summed E-state index contributed by atoms with van der Waals surface area (Å²) in [5.74, 6) is 0. The van der Waals surface area contributed by atoms with Gasteiger partial charge in [0.2, 0.25) is 0 Å². The number of carbonyl (C=O) groups excluding carboxylic acids is 1. The van der Waals surface area contributed by atoms with Crippen molar-refractivity contribution >= 4 is 17.8 Å². The van der Waals surface area contributed by atoms with Gasteiger partial charge >= 0.3 is 6.03 Å². The van der Waals surface area contributed by atoms with Crippen LogP contribution in [-0.2, 0) is 0 Å². The summed E-state index contributed by atoms with van der Waals surface area (Å²) in [7, 11) is 0. The van der Waals surface area contributed by atoms with E-state index in [9.17, 15) is 4.79 Å². The van der Waals surface area contributed by atoms with Gasteiger partial charge in [-0.3, -0.25) is 0 Å². The summed E-state index contributed by atoms with van der Waals surface area (Å²) in [4.78, 5) is 13.3. The molecule has 3 nitrogen and oxygen atoms in total. The Hall–Kier alpha value is -0.380. The van der Waals surface area contributed by atoms with E-state index in [-0.39, 0.29) is 10.8 Å². The van der Waals surface area contributed by atoms with E-state index in [1.54, 1.807) is 11.8 Å². The Kier molecular flexibility index (Phi) is 3.47. The zero-order chi connectivity index (χ0) is 9.90. The Bertz CT molecular complexity index is 194. The van der Waals surface area contributed by atoms with E-state index in [1.165, 1.54) is 0 Å². The summed E-state index contributed by atoms with van der Waals surface area (Å²) in [6.07, 6.45) is 3.15. The van der Waals surface area contributed by atoms with E-state index in [4.69, 9.17) is 0 Å². The number of thioether (sulfide) groups is 1. The molecule has 13 heavy (non-hydrogen) atoms. The minimum Gasteiger partial charge on any atom is -0.338 e. The lowest BCUT2D eigenvalue weighted by molar-refractivity contribution is 0.182. The highest BCUT2D eigenvalue weighted by Crippen LogP contribution is 2.22. The molecule has 1 rings (SSSR count). The quantitative estimate of drug-likeness (QED) is 0.753. The fourth-order valence-corrected chi connectivity index (χ4v) is 1.64. The molecule has 0 bridgehead atoms. The van der Waals surface area contributed by atoms with Crippen LogP contribution in [0.2, 0.25) is 0 Å². The lowest BCUT2D eigenvalue weighted by atomic mass is 10.2. The molecule has 0 aromatic heterocycles. The van der Waals surface area contributed by atoms with Crippen LogP contribution in [0.15, 0.2) is 0 Å². The molecule has 1 aliphatic rings. The fourth-order valence-electron chi connectivity index (χ4n) is 1.35. The number of carbonyl (C=O) groups is 1. The van der Waals surface area contributed by atoms with E-state index < -0.39 is 0 Å². The van der Waals surface area contributed by atoms with Gasteiger partial charge in [-0.1, -0.05) is 0 Å². The highest BCUT2D eigenvalue weighted by Gasteiger charge is 2.25. The summed E-state index contributed by atoms with van der Waals surface area (Å²) in [6.45, 7) is 6.89. The second kappa shape index (κ2) is 4.22. The highest BCUT2D eigenvalue weighted by molar-refractivity contribution is 7.99. The van der Waals surface area contributed by atoms with Crippen molar-refractivity contribution in [3.63, 3.8) is 0 Å². The first-order chi connectivity index (χ1) is 6.05. The Morgan fingerprint density at radius 3 is 2.85 bits per heavy atom. The van der Waals surface area contributed by atoms with Gasteiger partial charge < -0.3 is 10.2 Å². The topological polar surface area (TPSA) is 32.3 Å². The summed E-state index contributed by atoms with van der Waals surface area (Å²) < 4.78 is 0.161. The molecular formula is C9H18N2OS. The zero-order valence-corrected chi connectivity index (χ0v) is 9.41. The van der Waals surface area contributed by atoms with Crippen molar-refractivity contribution in [2.45, 2.75) is 25.0 Å². The molecule has 4 heteroatoms. The minimum atomic E-state index is 0.0911. The van der Waals surface area contributed by atoms with Crippen molar-refractivity contribution in [1.29, 1.82) is 0 Å². The van der Waals surface area contributed by atoms with Gasteiger partial charge in [0.05, 0.1) is 0 Å². The molecule has 0 aromatic carbocycles. The van der Waals surface area contributed by atoms with Crippen molar-refractivity contribution in [3.8, 4) is 0 Å². The predicted molar refractivity (Wildman–Crippen MR) is 57.2 cm³/mol. The second-order valence-electron chi connectivity index (χ2n) is 3.97. The number of rotatable bonds is 3. The van der Waals surface area contributed by atoms with Gasteiger partial charge in [-0.2, -0.15) is 11.8 Å². The second-order valence-corrected chi connectivity index (χ2v) is 5.48. The Labute approximate surface area is 84.2 Å². The van der Waals surface area contributed by atoms with Gasteiger partial charge in [-0.15, -0.1) is 0 Å². The molecule has 0 radical (unpaired) electrons. The first-order valence-corrected chi connectivity index (χ1v) is 5.85. The molecule has 0 atom stereocenters. The average molecular weight is 202 g/mol. The molecular weight excluding hydrogens is 184 g/mol. The number of nitrogens with one attached hydrogen (secondary N) is 1. The van der Waals surface area contributed by atoms with Crippen LogP contribution in [0.4, 0.5) is 4.79 Å². The van der Waals surface area contributed by atoms with Crippen molar-refractivity contribution in [1.82, 2.24) is 10.2 Å². The maximum atomic E-state index is 11.4. The summed E-state index contributed by atoms with van der Waals surface area (Å²) in [6, 6.07) is 0.0911. The summed E-state index contributed by atoms with van der Waals surface area (Å²) >= 11 is 1.80. The molecule has 76 valence electrons. The van der Waals surface area contributed by atoms with Crippen molar-refractivity contribution in [2.24, 2.45) is 0 Å². The SMILES string of the molecule is CSC(C)(C)CN1CCCNC1=O. The van der Waals surface area contributed by atoms with E-state index in [0.717, 1.165) is 26.1 Å². The van der Waals surface area contributed by atoms with Gasteiger partial charge in [-0.05, 0) is 26.5 Å². The third-order valence-corrected chi connectivity index (χ3v) is 3.53. The minimum absolute atomic E-state index is 0.0911. The standard InChI is InChI=1S/C9H18N2OS/c1-9(2,13-3)7-11-6-4-5-10-8(11)12/h4-7H2,1-3H3,(H,10,12). The molecule has 1 fully saturated rings.